The third-order valence-corrected chi connectivity index (χ3v) is 4.39. The molecule has 5 heteroatoms. The topological polar surface area (TPSA) is 39.7 Å². The fourth-order valence-electron chi connectivity index (χ4n) is 2.99. The van der Waals surface area contributed by atoms with Gasteiger partial charge in [-0.2, -0.15) is 0 Å². The van der Waals surface area contributed by atoms with Gasteiger partial charge in [-0.3, -0.25) is 0 Å². The van der Waals surface area contributed by atoms with E-state index in [4.69, 9.17) is 0 Å². The van der Waals surface area contributed by atoms with Gasteiger partial charge in [-0.25, -0.2) is 9.78 Å². The molecule has 126 valence electrons. The fourth-order valence-corrected chi connectivity index (χ4v) is 2.99. The first-order valence-electron chi connectivity index (χ1n) is 8.51. The van der Waals surface area contributed by atoms with Gasteiger partial charge < -0.3 is 14.7 Å². The molecule has 1 aliphatic rings. The first-order valence-corrected chi connectivity index (χ1v) is 8.51. The summed E-state index contributed by atoms with van der Waals surface area (Å²) in [6.45, 7) is 6.54. The number of hydrogen-bond acceptors (Lipinski definition) is 3. The summed E-state index contributed by atoms with van der Waals surface area (Å²) >= 11 is 0. The van der Waals surface area contributed by atoms with Crippen molar-refractivity contribution in [1.29, 1.82) is 0 Å². The lowest BCUT2D eigenvalue weighted by molar-refractivity contribution is 0.149. The lowest BCUT2D eigenvalue weighted by atomic mass is 10.2. The molecule has 1 fully saturated rings. The molecule has 2 heterocycles. The third kappa shape index (κ3) is 3.85. The van der Waals surface area contributed by atoms with E-state index in [9.17, 15) is 4.79 Å². The van der Waals surface area contributed by atoms with Gasteiger partial charge in [0.2, 0.25) is 0 Å². The number of nitrogens with zero attached hydrogens (tertiary/aromatic N) is 4. The molecule has 0 N–H and O–H groups in total. The number of rotatable bonds is 4. The molecule has 1 aromatic carbocycles. The van der Waals surface area contributed by atoms with Crippen LogP contribution in [0.5, 0.6) is 0 Å². The summed E-state index contributed by atoms with van der Waals surface area (Å²) in [5.74, 6) is 0.987. The second-order valence-corrected chi connectivity index (χ2v) is 5.94. The zero-order chi connectivity index (χ0) is 16.8. The van der Waals surface area contributed by atoms with Crippen molar-refractivity contribution in [2.45, 2.75) is 13.5 Å². The predicted molar refractivity (Wildman–Crippen MR) is 95.9 cm³/mol. The highest BCUT2D eigenvalue weighted by atomic mass is 16.2. The van der Waals surface area contributed by atoms with Crippen LogP contribution >= 0.6 is 0 Å². The van der Waals surface area contributed by atoms with Crippen molar-refractivity contribution in [3.8, 4) is 0 Å². The Balaban J connectivity index is 1.57. The van der Waals surface area contributed by atoms with Crippen LogP contribution in [0.4, 0.5) is 10.6 Å². The third-order valence-electron chi connectivity index (χ3n) is 4.39. The highest BCUT2D eigenvalue weighted by Gasteiger charge is 2.25. The maximum Gasteiger partial charge on any atom is 0.320 e. The molecule has 0 radical (unpaired) electrons. The molecule has 0 atom stereocenters. The van der Waals surface area contributed by atoms with Gasteiger partial charge in [0.15, 0.2) is 0 Å². The van der Waals surface area contributed by atoms with Crippen molar-refractivity contribution in [3.05, 3.63) is 60.3 Å². The van der Waals surface area contributed by atoms with E-state index < -0.39 is 0 Å². The van der Waals surface area contributed by atoms with Crippen LogP contribution in [0.3, 0.4) is 0 Å². The molecular formula is C19H24N4O. The number of carbonyl (C=O) groups excluding carboxylic acids is 1. The zero-order valence-corrected chi connectivity index (χ0v) is 14.1. The van der Waals surface area contributed by atoms with Crippen LogP contribution < -0.4 is 4.90 Å². The number of anilines is 1. The Bertz CT molecular complexity index is 639. The molecule has 0 saturated carbocycles. The lowest BCUT2D eigenvalue weighted by Crippen LogP contribution is -2.52. The molecule has 0 bridgehead atoms. The van der Waals surface area contributed by atoms with Gasteiger partial charge in [0.1, 0.15) is 5.82 Å². The number of piperazine rings is 1. The molecule has 24 heavy (non-hydrogen) atoms. The standard InChI is InChI=1S/C19H24N4O/c1-2-21(16-17-8-4-3-5-9-17)19(24)23-14-12-22(13-15-23)18-10-6-7-11-20-18/h3-11H,2,12-16H2,1H3. The number of benzene rings is 1. The monoisotopic (exact) mass is 324 g/mol. The van der Waals surface area contributed by atoms with E-state index in [1.165, 1.54) is 5.56 Å². The second-order valence-electron chi connectivity index (χ2n) is 5.94. The average molecular weight is 324 g/mol. The number of urea groups is 1. The van der Waals surface area contributed by atoms with Crippen molar-refractivity contribution in [3.63, 3.8) is 0 Å². The van der Waals surface area contributed by atoms with Crippen molar-refractivity contribution < 1.29 is 4.79 Å². The van der Waals surface area contributed by atoms with Crippen molar-refractivity contribution in [2.75, 3.05) is 37.6 Å². The number of carbonyl (C=O) groups is 1. The van der Waals surface area contributed by atoms with Crippen LogP contribution in [-0.2, 0) is 6.54 Å². The van der Waals surface area contributed by atoms with Gasteiger partial charge in [0, 0.05) is 45.5 Å². The SMILES string of the molecule is CCN(Cc1ccccc1)C(=O)N1CCN(c2ccccn2)CC1. The minimum absolute atomic E-state index is 0.127. The molecule has 1 aromatic heterocycles. The minimum Gasteiger partial charge on any atom is -0.353 e. The molecule has 0 spiro atoms. The van der Waals surface area contributed by atoms with E-state index in [0.717, 1.165) is 32.0 Å². The predicted octanol–water partition coefficient (Wildman–Crippen LogP) is 2.85. The first-order chi connectivity index (χ1) is 11.8. The van der Waals surface area contributed by atoms with Gasteiger partial charge in [-0.1, -0.05) is 36.4 Å². The van der Waals surface area contributed by atoms with E-state index in [0.29, 0.717) is 13.1 Å². The fraction of sp³-hybridized carbons (Fsp3) is 0.368. The Kier molecular flexibility index (Phi) is 5.31. The van der Waals surface area contributed by atoms with Crippen molar-refractivity contribution >= 4 is 11.8 Å². The highest BCUT2D eigenvalue weighted by Crippen LogP contribution is 2.14. The first kappa shape index (κ1) is 16.3. The maximum absolute atomic E-state index is 12.8. The largest absolute Gasteiger partial charge is 0.353 e. The van der Waals surface area contributed by atoms with Gasteiger partial charge >= 0.3 is 6.03 Å². The highest BCUT2D eigenvalue weighted by molar-refractivity contribution is 5.74. The molecule has 5 nitrogen and oxygen atoms in total. The van der Waals surface area contributed by atoms with Crippen LogP contribution in [0.1, 0.15) is 12.5 Å². The van der Waals surface area contributed by atoms with Crippen LogP contribution in [0.2, 0.25) is 0 Å². The van der Waals surface area contributed by atoms with Crippen LogP contribution in [0.15, 0.2) is 54.7 Å². The van der Waals surface area contributed by atoms with Crippen LogP contribution in [0, 0.1) is 0 Å². The smallest absolute Gasteiger partial charge is 0.320 e. The van der Waals surface area contributed by atoms with Crippen LogP contribution in [-0.4, -0.2) is 53.5 Å². The van der Waals surface area contributed by atoms with Gasteiger partial charge in [-0.15, -0.1) is 0 Å². The second kappa shape index (κ2) is 7.81. The minimum atomic E-state index is 0.127. The quantitative estimate of drug-likeness (QED) is 0.868. The Hall–Kier alpha value is -2.56. The van der Waals surface area contributed by atoms with E-state index in [2.05, 4.69) is 22.0 Å². The molecule has 3 rings (SSSR count). The van der Waals surface area contributed by atoms with E-state index >= 15 is 0 Å². The van der Waals surface area contributed by atoms with E-state index in [1.54, 1.807) is 0 Å². The molecule has 0 unspecified atom stereocenters. The summed E-state index contributed by atoms with van der Waals surface area (Å²) in [7, 11) is 0. The number of hydrogen-bond donors (Lipinski definition) is 0. The van der Waals surface area contributed by atoms with Crippen molar-refractivity contribution in [2.24, 2.45) is 0 Å². The molecular weight excluding hydrogens is 300 g/mol. The summed E-state index contributed by atoms with van der Waals surface area (Å²) < 4.78 is 0. The van der Waals surface area contributed by atoms with Gasteiger partial charge in [-0.05, 0) is 24.6 Å². The Morgan fingerprint density at radius 1 is 1.04 bits per heavy atom. The Morgan fingerprint density at radius 3 is 2.38 bits per heavy atom. The van der Waals surface area contributed by atoms with Crippen LogP contribution in [0.25, 0.3) is 0 Å². The maximum atomic E-state index is 12.8. The average Bonchev–Trinajstić information content (AvgIpc) is 2.67. The number of amides is 2. The Labute approximate surface area is 143 Å². The number of pyridine rings is 1. The van der Waals surface area contributed by atoms with Gasteiger partial charge in [0.05, 0.1) is 0 Å². The summed E-state index contributed by atoms with van der Waals surface area (Å²) in [5, 5.41) is 0. The van der Waals surface area contributed by atoms with E-state index in [1.807, 2.05) is 59.3 Å². The molecule has 0 aliphatic carbocycles. The molecule has 1 saturated heterocycles. The van der Waals surface area contributed by atoms with Gasteiger partial charge in [0.25, 0.3) is 0 Å². The molecule has 2 amide bonds. The Morgan fingerprint density at radius 2 is 1.75 bits per heavy atom. The molecule has 1 aliphatic heterocycles. The number of aromatic nitrogens is 1. The summed E-state index contributed by atoms with van der Waals surface area (Å²) in [5.41, 5.74) is 1.17. The van der Waals surface area contributed by atoms with Crippen molar-refractivity contribution in [1.82, 2.24) is 14.8 Å². The molecule has 2 aromatic rings. The zero-order valence-electron chi connectivity index (χ0n) is 14.1. The normalized spacial score (nSPS) is 14.5. The van der Waals surface area contributed by atoms with E-state index in [-0.39, 0.29) is 6.03 Å². The lowest BCUT2D eigenvalue weighted by Gasteiger charge is -2.37. The summed E-state index contributed by atoms with van der Waals surface area (Å²) in [6.07, 6.45) is 1.81. The summed E-state index contributed by atoms with van der Waals surface area (Å²) in [4.78, 5) is 23.3. The summed E-state index contributed by atoms with van der Waals surface area (Å²) in [6, 6.07) is 16.2.